The molecular formula is C20H29NO2. The molecule has 0 aromatic heterocycles. The minimum atomic E-state index is -0.183. The summed E-state index contributed by atoms with van der Waals surface area (Å²) in [5.41, 5.74) is 1.06. The van der Waals surface area contributed by atoms with Crippen LogP contribution >= 0.6 is 0 Å². The molecule has 0 radical (unpaired) electrons. The minimum Gasteiger partial charge on any atom is -0.464 e. The van der Waals surface area contributed by atoms with Gasteiger partial charge in [-0.25, -0.2) is 0 Å². The van der Waals surface area contributed by atoms with E-state index in [1.807, 2.05) is 30.3 Å². The molecule has 23 heavy (non-hydrogen) atoms. The van der Waals surface area contributed by atoms with Crippen molar-refractivity contribution in [3.63, 3.8) is 0 Å². The molecule has 0 heterocycles. The van der Waals surface area contributed by atoms with Gasteiger partial charge in [-0.1, -0.05) is 42.5 Å². The van der Waals surface area contributed by atoms with Gasteiger partial charge in [-0.05, 0) is 51.6 Å². The van der Waals surface area contributed by atoms with Gasteiger partial charge in [0.25, 0.3) is 0 Å². The highest BCUT2D eigenvalue weighted by molar-refractivity contribution is 5.79. The van der Waals surface area contributed by atoms with E-state index in [9.17, 15) is 4.79 Å². The van der Waals surface area contributed by atoms with Gasteiger partial charge < -0.3 is 9.64 Å². The largest absolute Gasteiger partial charge is 0.464 e. The van der Waals surface area contributed by atoms with Gasteiger partial charge in [-0.2, -0.15) is 0 Å². The van der Waals surface area contributed by atoms with E-state index in [1.54, 1.807) is 0 Å². The van der Waals surface area contributed by atoms with Crippen molar-refractivity contribution in [1.29, 1.82) is 0 Å². The first-order valence-corrected chi connectivity index (χ1v) is 8.68. The summed E-state index contributed by atoms with van der Waals surface area (Å²) in [6.45, 7) is 5.50. The molecule has 0 fully saturated rings. The number of rotatable bonds is 7. The molecule has 3 heteroatoms. The lowest BCUT2D eigenvalue weighted by atomic mass is 9.80. The molecule has 2 rings (SSSR count). The first kappa shape index (κ1) is 17.7. The Kier molecular flexibility index (Phi) is 6.85. The highest BCUT2D eigenvalue weighted by Crippen LogP contribution is 2.33. The molecule has 3 nitrogen and oxygen atoms in total. The highest BCUT2D eigenvalue weighted by atomic mass is 16.5. The van der Waals surface area contributed by atoms with Gasteiger partial charge in [0, 0.05) is 12.6 Å². The Morgan fingerprint density at radius 2 is 2.04 bits per heavy atom. The second-order valence-electron chi connectivity index (χ2n) is 6.65. The van der Waals surface area contributed by atoms with Crippen molar-refractivity contribution < 1.29 is 9.53 Å². The zero-order valence-corrected chi connectivity index (χ0v) is 14.6. The third kappa shape index (κ3) is 5.21. The molecule has 0 amide bonds. The lowest BCUT2D eigenvalue weighted by Gasteiger charge is -2.26. The average Bonchev–Trinajstić information content (AvgIpc) is 2.57. The zero-order chi connectivity index (χ0) is 16.7. The van der Waals surface area contributed by atoms with Crippen LogP contribution in [0.1, 0.15) is 44.6 Å². The molecule has 1 aliphatic carbocycles. The van der Waals surface area contributed by atoms with Crippen molar-refractivity contribution in [2.45, 2.75) is 45.1 Å². The molecule has 0 spiro atoms. The zero-order valence-electron chi connectivity index (χ0n) is 14.6. The Morgan fingerprint density at radius 1 is 1.30 bits per heavy atom. The maximum Gasteiger partial charge on any atom is 0.314 e. The van der Waals surface area contributed by atoms with Gasteiger partial charge >= 0.3 is 5.97 Å². The maximum atomic E-state index is 12.7. The Bertz CT molecular complexity index is 510. The van der Waals surface area contributed by atoms with Gasteiger partial charge in [0.15, 0.2) is 0 Å². The second-order valence-corrected chi connectivity index (χ2v) is 6.65. The summed E-state index contributed by atoms with van der Waals surface area (Å²) in [6.07, 6.45) is 7.71. The number of esters is 1. The molecule has 0 N–H and O–H groups in total. The predicted molar refractivity (Wildman–Crippen MR) is 94.4 cm³/mol. The van der Waals surface area contributed by atoms with Crippen LogP contribution in [0.2, 0.25) is 0 Å². The Hall–Kier alpha value is -1.61. The molecule has 0 unspecified atom stereocenters. The van der Waals surface area contributed by atoms with Crippen LogP contribution in [0.15, 0.2) is 42.5 Å². The first-order valence-electron chi connectivity index (χ1n) is 8.68. The molecule has 1 aromatic rings. The number of ether oxygens (including phenoxy) is 1. The van der Waals surface area contributed by atoms with Crippen LogP contribution in [-0.2, 0) is 9.53 Å². The fraction of sp³-hybridized carbons (Fsp3) is 0.550. The van der Waals surface area contributed by atoms with Crippen molar-refractivity contribution in [3.05, 3.63) is 48.0 Å². The van der Waals surface area contributed by atoms with Gasteiger partial charge in [0.1, 0.15) is 6.61 Å². The summed E-state index contributed by atoms with van der Waals surface area (Å²) in [7, 11) is 2.05. The molecular weight excluding hydrogens is 286 g/mol. The van der Waals surface area contributed by atoms with E-state index in [2.05, 4.69) is 37.9 Å². The van der Waals surface area contributed by atoms with Crippen LogP contribution in [0.5, 0.6) is 0 Å². The van der Waals surface area contributed by atoms with Gasteiger partial charge in [0.05, 0.1) is 5.92 Å². The normalized spacial score (nSPS) is 19.1. The van der Waals surface area contributed by atoms with Crippen molar-refractivity contribution >= 4 is 5.97 Å². The van der Waals surface area contributed by atoms with Crippen LogP contribution in [-0.4, -0.2) is 37.1 Å². The van der Waals surface area contributed by atoms with Crippen LogP contribution in [0.4, 0.5) is 0 Å². The number of benzene rings is 1. The van der Waals surface area contributed by atoms with Gasteiger partial charge in [0.2, 0.25) is 0 Å². The topological polar surface area (TPSA) is 29.5 Å². The summed E-state index contributed by atoms with van der Waals surface area (Å²) < 4.78 is 5.62. The summed E-state index contributed by atoms with van der Waals surface area (Å²) in [6, 6.07) is 10.5. The first-order chi connectivity index (χ1) is 11.1. The molecule has 0 saturated heterocycles. The lowest BCUT2D eigenvalue weighted by Crippen LogP contribution is -2.32. The smallest absolute Gasteiger partial charge is 0.314 e. The summed E-state index contributed by atoms with van der Waals surface area (Å²) in [5, 5.41) is 0. The van der Waals surface area contributed by atoms with Crippen molar-refractivity contribution in [3.8, 4) is 0 Å². The molecule has 2 atom stereocenters. The van der Waals surface area contributed by atoms with E-state index in [0.29, 0.717) is 12.6 Å². The van der Waals surface area contributed by atoms with Crippen LogP contribution in [0.25, 0.3) is 0 Å². The Labute approximate surface area is 140 Å². The van der Waals surface area contributed by atoms with Crippen LogP contribution in [0, 0.1) is 5.92 Å². The third-order valence-electron chi connectivity index (χ3n) is 4.70. The van der Waals surface area contributed by atoms with Crippen molar-refractivity contribution in [2.75, 3.05) is 20.2 Å². The fourth-order valence-electron chi connectivity index (χ4n) is 2.97. The van der Waals surface area contributed by atoms with Gasteiger partial charge in [-0.15, -0.1) is 0 Å². The molecule has 0 saturated carbocycles. The minimum absolute atomic E-state index is 0.0927. The molecule has 0 bridgehead atoms. The number of carbonyl (C=O) groups is 1. The maximum absolute atomic E-state index is 12.7. The number of carbonyl (C=O) groups excluding carboxylic acids is 1. The fourth-order valence-corrected chi connectivity index (χ4v) is 2.97. The van der Waals surface area contributed by atoms with E-state index < -0.39 is 0 Å². The standard InChI is InChI=1S/C20H29NO2/c1-16(2)21(3)14-15-23-20(22)19(17-10-6-4-7-11-17)18-12-8-5-9-13-18/h4,6-8,10-12,16,18-19H,5,9,13-15H2,1-3H3/t18-,19-/m0/s1. The summed E-state index contributed by atoms with van der Waals surface area (Å²) >= 11 is 0. The Morgan fingerprint density at radius 3 is 2.65 bits per heavy atom. The predicted octanol–water partition coefficient (Wildman–Crippen LogP) is 4.01. The van der Waals surface area contributed by atoms with Gasteiger partial charge in [-0.3, -0.25) is 4.79 Å². The lowest BCUT2D eigenvalue weighted by molar-refractivity contribution is -0.147. The molecule has 1 aromatic carbocycles. The summed E-state index contributed by atoms with van der Waals surface area (Å²) in [4.78, 5) is 14.9. The number of hydrogen-bond acceptors (Lipinski definition) is 3. The average molecular weight is 315 g/mol. The van der Waals surface area contributed by atoms with E-state index >= 15 is 0 Å². The van der Waals surface area contributed by atoms with Crippen molar-refractivity contribution in [1.82, 2.24) is 4.90 Å². The van der Waals surface area contributed by atoms with E-state index in [1.165, 1.54) is 0 Å². The second kappa shape index (κ2) is 8.88. The van der Waals surface area contributed by atoms with Crippen molar-refractivity contribution in [2.24, 2.45) is 5.92 Å². The number of hydrogen-bond donors (Lipinski definition) is 0. The van der Waals surface area contributed by atoms with E-state index in [4.69, 9.17) is 4.74 Å². The number of likely N-dealkylation sites (N-methyl/N-ethyl adjacent to an activating group) is 1. The highest BCUT2D eigenvalue weighted by Gasteiger charge is 2.30. The quantitative estimate of drug-likeness (QED) is 0.562. The SMILES string of the molecule is CC(C)N(C)CCOC(=O)[C@@H](c1ccccc1)[C@H]1C=CCCC1. The molecule has 126 valence electrons. The number of nitrogens with zero attached hydrogens (tertiary/aromatic N) is 1. The number of allylic oxidation sites excluding steroid dienone is 2. The molecule has 0 aliphatic heterocycles. The Balaban J connectivity index is 2.03. The molecule has 1 aliphatic rings. The van der Waals surface area contributed by atoms with E-state index in [0.717, 1.165) is 31.4 Å². The van der Waals surface area contributed by atoms with Crippen LogP contribution in [0.3, 0.4) is 0 Å². The third-order valence-corrected chi connectivity index (χ3v) is 4.70. The van der Waals surface area contributed by atoms with Crippen LogP contribution < -0.4 is 0 Å². The van der Waals surface area contributed by atoms with E-state index in [-0.39, 0.29) is 17.8 Å². The summed E-state index contributed by atoms with van der Waals surface area (Å²) in [5.74, 6) is -0.0245. The monoisotopic (exact) mass is 315 g/mol.